The van der Waals surface area contributed by atoms with Gasteiger partial charge < -0.3 is 10.4 Å². The molecular weight excluding hydrogens is 209 g/mol. The van der Waals surface area contributed by atoms with Crippen molar-refractivity contribution < 1.29 is 14.3 Å². The first-order valence-corrected chi connectivity index (χ1v) is 4.97. The van der Waals surface area contributed by atoms with Gasteiger partial charge in [0.2, 0.25) is 5.91 Å². The van der Waals surface area contributed by atoms with E-state index < -0.39 is 0 Å². The summed E-state index contributed by atoms with van der Waals surface area (Å²) >= 11 is 0. The molecule has 1 aromatic rings. The summed E-state index contributed by atoms with van der Waals surface area (Å²) in [5.41, 5.74) is 0.356. The third-order valence-electron chi connectivity index (χ3n) is 1.98. The summed E-state index contributed by atoms with van der Waals surface area (Å²) in [5, 5.41) is 11.2. The minimum absolute atomic E-state index is 0.126. The van der Waals surface area contributed by atoms with Crippen molar-refractivity contribution in [1.29, 1.82) is 0 Å². The fraction of sp³-hybridized carbons (Fsp3) is 0.250. The molecule has 1 amide bonds. The fourth-order valence-corrected chi connectivity index (χ4v) is 1.11. The second kappa shape index (κ2) is 6.02. The lowest BCUT2D eigenvalue weighted by Gasteiger charge is -2.07. The van der Waals surface area contributed by atoms with Gasteiger partial charge >= 0.3 is 0 Å². The molecule has 0 aromatic heterocycles. The van der Waals surface area contributed by atoms with Crippen molar-refractivity contribution in [2.24, 2.45) is 0 Å². The molecule has 0 bridgehead atoms. The van der Waals surface area contributed by atoms with Gasteiger partial charge in [0.15, 0.2) is 0 Å². The summed E-state index contributed by atoms with van der Waals surface area (Å²) in [6, 6.07) is 5.87. The number of hydrogen-bond acceptors (Lipinski definition) is 2. The van der Waals surface area contributed by atoms with Gasteiger partial charge in [0, 0.05) is 17.7 Å². The van der Waals surface area contributed by atoms with Crippen LogP contribution in [0.25, 0.3) is 6.08 Å². The number of amides is 1. The Hall–Kier alpha value is -1.68. The van der Waals surface area contributed by atoms with E-state index in [1.807, 2.05) is 0 Å². The van der Waals surface area contributed by atoms with Crippen molar-refractivity contribution in [2.45, 2.75) is 13.0 Å². The molecular formula is C12H14FNO2. The average Bonchev–Trinajstić information content (AvgIpc) is 2.28. The van der Waals surface area contributed by atoms with Crippen LogP contribution in [0.15, 0.2) is 30.3 Å². The molecule has 0 saturated carbocycles. The van der Waals surface area contributed by atoms with E-state index in [9.17, 15) is 9.18 Å². The molecule has 1 atom stereocenters. The van der Waals surface area contributed by atoms with Gasteiger partial charge in [-0.2, -0.15) is 0 Å². The summed E-state index contributed by atoms with van der Waals surface area (Å²) in [6.45, 7) is 1.55. The van der Waals surface area contributed by atoms with Gasteiger partial charge in [-0.25, -0.2) is 4.39 Å². The van der Waals surface area contributed by atoms with E-state index in [0.29, 0.717) is 5.56 Å². The zero-order chi connectivity index (χ0) is 12.0. The number of hydrogen-bond donors (Lipinski definition) is 2. The Morgan fingerprint density at radius 2 is 2.25 bits per heavy atom. The Morgan fingerprint density at radius 3 is 2.88 bits per heavy atom. The van der Waals surface area contributed by atoms with Crippen molar-refractivity contribution in [3.8, 4) is 0 Å². The quantitative estimate of drug-likeness (QED) is 0.757. The number of benzene rings is 1. The standard InChI is InChI=1S/C12H14FNO2/c1-9(8-15)14-12(16)7-6-10-4-2-3-5-11(10)13/h2-7,9,15H,8H2,1H3,(H,14,16)/b7-6+. The molecule has 2 N–H and O–H groups in total. The maximum atomic E-state index is 13.1. The monoisotopic (exact) mass is 223 g/mol. The predicted octanol–water partition coefficient (Wildman–Crippen LogP) is 1.34. The van der Waals surface area contributed by atoms with Gasteiger partial charge in [0.25, 0.3) is 0 Å². The molecule has 0 fully saturated rings. The van der Waals surface area contributed by atoms with E-state index in [0.717, 1.165) is 0 Å². The Labute approximate surface area is 93.6 Å². The molecule has 0 aliphatic carbocycles. The van der Waals surface area contributed by atoms with Gasteiger partial charge in [0.1, 0.15) is 5.82 Å². The summed E-state index contributed by atoms with van der Waals surface area (Å²) in [5.74, 6) is -0.730. The number of halogens is 1. The first-order chi connectivity index (χ1) is 7.63. The van der Waals surface area contributed by atoms with E-state index in [4.69, 9.17) is 5.11 Å². The lowest BCUT2D eigenvalue weighted by atomic mass is 10.2. The zero-order valence-electron chi connectivity index (χ0n) is 8.98. The third kappa shape index (κ3) is 3.82. The van der Waals surface area contributed by atoms with Crippen LogP contribution in [0.1, 0.15) is 12.5 Å². The third-order valence-corrected chi connectivity index (χ3v) is 1.98. The number of rotatable bonds is 4. The Balaban J connectivity index is 2.60. The lowest BCUT2D eigenvalue weighted by Crippen LogP contribution is -2.33. The first-order valence-electron chi connectivity index (χ1n) is 4.97. The Kier molecular flexibility index (Phi) is 4.66. The number of aliphatic hydroxyl groups excluding tert-OH is 1. The first kappa shape index (κ1) is 12.4. The van der Waals surface area contributed by atoms with Crippen LogP contribution in [0.3, 0.4) is 0 Å². The van der Waals surface area contributed by atoms with Crippen LogP contribution in [-0.2, 0) is 4.79 Å². The van der Waals surface area contributed by atoms with Crippen molar-refractivity contribution in [3.05, 3.63) is 41.7 Å². The minimum Gasteiger partial charge on any atom is -0.394 e. The molecule has 1 unspecified atom stereocenters. The Bertz CT molecular complexity index is 390. The summed E-state index contributed by atoms with van der Waals surface area (Å²) in [6.07, 6.45) is 2.64. The minimum atomic E-state index is -0.373. The van der Waals surface area contributed by atoms with E-state index >= 15 is 0 Å². The number of nitrogens with one attached hydrogen (secondary N) is 1. The van der Waals surface area contributed by atoms with Crippen molar-refractivity contribution in [2.75, 3.05) is 6.61 Å². The highest BCUT2D eigenvalue weighted by atomic mass is 19.1. The van der Waals surface area contributed by atoms with E-state index in [1.165, 1.54) is 18.2 Å². The van der Waals surface area contributed by atoms with Gasteiger partial charge in [-0.15, -0.1) is 0 Å². The van der Waals surface area contributed by atoms with E-state index in [-0.39, 0.29) is 24.4 Å². The second-order valence-corrected chi connectivity index (χ2v) is 3.45. The maximum absolute atomic E-state index is 13.1. The Morgan fingerprint density at radius 1 is 1.56 bits per heavy atom. The molecule has 0 heterocycles. The zero-order valence-corrected chi connectivity index (χ0v) is 8.98. The largest absolute Gasteiger partial charge is 0.394 e. The van der Waals surface area contributed by atoms with E-state index in [1.54, 1.807) is 25.1 Å². The van der Waals surface area contributed by atoms with Crippen LogP contribution in [0, 0.1) is 5.82 Å². The molecule has 16 heavy (non-hydrogen) atoms. The van der Waals surface area contributed by atoms with Crippen molar-refractivity contribution in [3.63, 3.8) is 0 Å². The molecule has 1 rings (SSSR count). The molecule has 0 radical (unpaired) electrons. The SMILES string of the molecule is CC(CO)NC(=O)/C=C/c1ccccc1F. The highest BCUT2D eigenvalue weighted by molar-refractivity contribution is 5.91. The highest BCUT2D eigenvalue weighted by Crippen LogP contribution is 2.07. The summed E-state index contributed by atoms with van der Waals surface area (Å²) in [4.78, 5) is 11.3. The average molecular weight is 223 g/mol. The van der Waals surface area contributed by atoms with Crippen LogP contribution < -0.4 is 5.32 Å². The van der Waals surface area contributed by atoms with Gasteiger partial charge in [-0.1, -0.05) is 18.2 Å². The second-order valence-electron chi connectivity index (χ2n) is 3.45. The van der Waals surface area contributed by atoms with Gasteiger partial charge in [0.05, 0.1) is 6.61 Å². The van der Waals surface area contributed by atoms with Crippen LogP contribution in [0.2, 0.25) is 0 Å². The van der Waals surface area contributed by atoms with Crippen molar-refractivity contribution >= 4 is 12.0 Å². The molecule has 0 saturated heterocycles. The normalized spacial score (nSPS) is 12.7. The lowest BCUT2D eigenvalue weighted by molar-refractivity contribution is -0.117. The molecule has 4 heteroatoms. The molecule has 0 aliphatic heterocycles. The van der Waals surface area contributed by atoms with Gasteiger partial charge in [-0.3, -0.25) is 4.79 Å². The van der Waals surface area contributed by atoms with Gasteiger partial charge in [-0.05, 0) is 19.1 Å². The molecule has 1 aromatic carbocycles. The van der Waals surface area contributed by atoms with E-state index in [2.05, 4.69) is 5.32 Å². The van der Waals surface area contributed by atoms with Crippen LogP contribution >= 0.6 is 0 Å². The summed E-state index contributed by atoms with van der Waals surface area (Å²) in [7, 11) is 0. The van der Waals surface area contributed by atoms with Crippen LogP contribution in [0.5, 0.6) is 0 Å². The molecule has 3 nitrogen and oxygen atoms in total. The van der Waals surface area contributed by atoms with Crippen molar-refractivity contribution in [1.82, 2.24) is 5.32 Å². The molecule has 0 aliphatic rings. The number of aliphatic hydroxyl groups is 1. The molecule has 0 spiro atoms. The maximum Gasteiger partial charge on any atom is 0.244 e. The highest BCUT2D eigenvalue weighted by Gasteiger charge is 2.02. The van der Waals surface area contributed by atoms with Crippen LogP contribution in [0.4, 0.5) is 4.39 Å². The smallest absolute Gasteiger partial charge is 0.244 e. The fourth-order valence-electron chi connectivity index (χ4n) is 1.11. The number of carbonyl (C=O) groups excluding carboxylic acids is 1. The predicted molar refractivity (Wildman–Crippen MR) is 60.1 cm³/mol. The molecule has 86 valence electrons. The van der Waals surface area contributed by atoms with Crippen LogP contribution in [-0.4, -0.2) is 23.7 Å². The summed E-state index contributed by atoms with van der Waals surface area (Å²) < 4.78 is 13.1. The topological polar surface area (TPSA) is 49.3 Å². The number of carbonyl (C=O) groups is 1.